The van der Waals surface area contributed by atoms with Crippen LogP contribution in [0.5, 0.6) is 11.6 Å². The highest BCUT2D eigenvalue weighted by atomic mass is 79.9. The van der Waals surface area contributed by atoms with Crippen molar-refractivity contribution in [2.45, 2.75) is 0 Å². The summed E-state index contributed by atoms with van der Waals surface area (Å²) >= 11 is 3.00. The minimum Gasteiger partial charge on any atom is -0.423 e. The average molecular weight is 358 g/mol. The van der Waals surface area contributed by atoms with Crippen molar-refractivity contribution >= 4 is 27.3 Å². The summed E-state index contributed by atoms with van der Waals surface area (Å²) in [6, 6.07) is 4.18. The van der Waals surface area contributed by atoms with Crippen LogP contribution in [-0.4, -0.2) is 14.8 Å². The molecule has 0 aliphatic rings. The number of benzene rings is 1. The molecule has 2 aromatic rings. The molecule has 0 atom stereocenters. The van der Waals surface area contributed by atoms with Crippen LogP contribution in [0.25, 0.3) is 0 Å². The van der Waals surface area contributed by atoms with Gasteiger partial charge >= 0.3 is 11.4 Å². The molecule has 0 saturated heterocycles. The Morgan fingerprint density at radius 2 is 1.86 bits per heavy atom. The Balaban J connectivity index is 2.53. The van der Waals surface area contributed by atoms with Crippen molar-refractivity contribution < 1.29 is 19.0 Å². The van der Waals surface area contributed by atoms with Gasteiger partial charge in [-0.25, -0.2) is 9.37 Å². The number of rotatable bonds is 4. The van der Waals surface area contributed by atoms with Crippen LogP contribution in [0.2, 0.25) is 0 Å². The van der Waals surface area contributed by atoms with Crippen LogP contribution < -0.4 is 4.74 Å². The Morgan fingerprint density at radius 1 is 1.19 bits per heavy atom. The monoisotopic (exact) mass is 357 g/mol. The SMILES string of the molecule is O=[N+]([O-])c1cc(Br)cnc1Oc1c(F)cccc1[N+](=O)[O-]. The number of ether oxygens (including phenoxy) is 1. The van der Waals surface area contributed by atoms with Gasteiger partial charge < -0.3 is 4.74 Å². The van der Waals surface area contributed by atoms with Gasteiger partial charge in [0.15, 0.2) is 5.82 Å². The second-order valence-electron chi connectivity index (χ2n) is 3.68. The van der Waals surface area contributed by atoms with E-state index < -0.39 is 38.7 Å². The molecular weight excluding hydrogens is 353 g/mol. The molecule has 0 spiro atoms. The number of pyridine rings is 1. The fraction of sp³-hybridized carbons (Fsp3) is 0. The summed E-state index contributed by atoms with van der Waals surface area (Å²) in [5.41, 5.74) is -1.21. The zero-order valence-electron chi connectivity index (χ0n) is 10.0. The first kappa shape index (κ1) is 14.8. The van der Waals surface area contributed by atoms with Crippen molar-refractivity contribution in [1.82, 2.24) is 4.98 Å². The Bertz CT molecular complexity index is 740. The summed E-state index contributed by atoms with van der Waals surface area (Å²) in [6.07, 6.45) is 1.19. The highest BCUT2D eigenvalue weighted by Crippen LogP contribution is 2.37. The number of para-hydroxylation sites is 1. The quantitative estimate of drug-likeness (QED) is 0.610. The minimum atomic E-state index is -1.02. The summed E-state index contributed by atoms with van der Waals surface area (Å²) in [5, 5.41) is 21.7. The Labute approximate surface area is 124 Å². The maximum Gasteiger partial charge on any atom is 0.332 e. The molecule has 0 fully saturated rings. The molecule has 0 amide bonds. The molecule has 0 aliphatic heterocycles. The van der Waals surface area contributed by atoms with E-state index in [0.717, 1.165) is 24.3 Å². The van der Waals surface area contributed by atoms with Crippen LogP contribution in [-0.2, 0) is 0 Å². The predicted molar refractivity (Wildman–Crippen MR) is 71.7 cm³/mol. The van der Waals surface area contributed by atoms with Gasteiger partial charge in [0, 0.05) is 22.8 Å². The summed E-state index contributed by atoms with van der Waals surface area (Å²) < 4.78 is 18.9. The number of nitrogens with zero attached hydrogens (tertiary/aromatic N) is 3. The molecule has 0 aliphatic carbocycles. The zero-order chi connectivity index (χ0) is 15.6. The molecule has 21 heavy (non-hydrogen) atoms. The van der Waals surface area contributed by atoms with Gasteiger partial charge in [-0.05, 0) is 22.0 Å². The predicted octanol–water partition coefficient (Wildman–Crippen LogP) is 3.59. The number of hydrogen-bond donors (Lipinski definition) is 0. The maximum atomic E-state index is 13.7. The normalized spacial score (nSPS) is 10.2. The molecule has 1 heterocycles. The number of aromatic nitrogens is 1. The molecule has 0 N–H and O–H groups in total. The molecule has 1 aromatic carbocycles. The first-order chi connectivity index (χ1) is 9.90. The maximum absolute atomic E-state index is 13.7. The second-order valence-corrected chi connectivity index (χ2v) is 4.60. The topological polar surface area (TPSA) is 108 Å². The summed E-state index contributed by atoms with van der Waals surface area (Å²) in [4.78, 5) is 23.7. The van der Waals surface area contributed by atoms with E-state index in [1.165, 1.54) is 6.20 Å². The van der Waals surface area contributed by atoms with Crippen LogP contribution in [0.1, 0.15) is 0 Å². The molecule has 1 aromatic heterocycles. The molecule has 0 unspecified atom stereocenters. The largest absolute Gasteiger partial charge is 0.423 e. The fourth-order valence-corrected chi connectivity index (χ4v) is 1.78. The third-order valence-electron chi connectivity index (χ3n) is 2.34. The van der Waals surface area contributed by atoms with Crippen molar-refractivity contribution in [2.75, 3.05) is 0 Å². The van der Waals surface area contributed by atoms with Crippen LogP contribution in [0.4, 0.5) is 15.8 Å². The van der Waals surface area contributed by atoms with E-state index in [2.05, 4.69) is 20.9 Å². The highest BCUT2D eigenvalue weighted by molar-refractivity contribution is 9.10. The first-order valence-corrected chi connectivity index (χ1v) is 6.10. The van der Waals surface area contributed by atoms with E-state index >= 15 is 0 Å². The van der Waals surface area contributed by atoms with Gasteiger partial charge in [-0.15, -0.1) is 0 Å². The summed E-state index contributed by atoms with van der Waals surface area (Å²) in [5.74, 6) is -2.31. The minimum absolute atomic E-state index is 0.310. The third-order valence-corrected chi connectivity index (χ3v) is 2.77. The van der Waals surface area contributed by atoms with Crippen LogP contribution >= 0.6 is 15.9 Å². The lowest BCUT2D eigenvalue weighted by atomic mass is 10.3. The summed E-state index contributed by atoms with van der Waals surface area (Å²) in [6.45, 7) is 0. The standard InChI is InChI=1S/C11H5BrFN3O5/c12-6-4-9(16(19)20)11(14-5-6)21-10-7(13)2-1-3-8(10)15(17)18/h1-5H. The van der Waals surface area contributed by atoms with Gasteiger partial charge in [0.05, 0.1) is 9.85 Å². The molecule has 108 valence electrons. The zero-order valence-corrected chi connectivity index (χ0v) is 11.6. The van der Waals surface area contributed by atoms with Crippen LogP contribution in [0.3, 0.4) is 0 Å². The molecule has 0 saturated carbocycles. The smallest absolute Gasteiger partial charge is 0.332 e. The van der Waals surface area contributed by atoms with Crippen molar-refractivity contribution in [3.63, 3.8) is 0 Å². The van der Waals surface area contributed by atoms with E-state index in [9.17, 15) is 24.6 Å². The van der Waals surface area contributed by atoms with Crippen LogP contribution in [0.15, 0.2) is 34.9 Å². The molecule has 0 radical (unpaired) electrons. The van der Waals surface area contributed by atoms with Gasteiger partial charge in [-0.2, -0.15) is 0 Å². The Hall–Kier alpha value is -2.62. The Kier molecular flexibility index (Phi) is 4.08. The number of nitro benzene ring substituents is 1. The lowest BCUT2D eigenvalue weighted by Gasteiger charge is -2.06. The van der Waals surface area contributed by atoms with E-state index in [4.69, 9.17) is 4.74 Å². The van der Waals surface area contributed by atoms with Gasteiger partial charge in [0.2, 0.25) is 5.75 Å². The number of nitro groups is 2. The first-order valence-electron chi connectivity index (χ1n) is 5.31. The van der Waals surface area contributed by atoms with Crippen molar-refractivity contribution in [1.29, 1.82) is 0 Å². The molecule has 8 nitrogen and oxygen atoms in total. The molecule has 10 heteroatoms. The molecule has 0 bridgehead atoms. The van der Waals surface area contributed by atoms with Crippen molar-refractivity contribution in [3.05, 3.63) is 61.0 Å². The van der Waals surface area contributed by atoms with Gasteiger partial charge in [-0.3, -0.25) is 20.2 Å². The van der Waals surface area contributed by atoms with Gasteiger partial charge in [-0.1, -0.05) is 6.07 Å². The Morgan fingerprint density at radius 3 is 2.48 bits per heavy atom. The van der Waals surface area contributed by atoms with E-state index in [-0.39, 0.29) is 0 Å². The lowest BCUT2D eigenvalue weighted by Crippen LogP contribution is -2.00. The summed E-state index contributed by atoms with van der Waals surface area (Å²) in [7, 11) is 0. The third kappa shape index (κ3) is 3.11. The van der Waals surface area contributed by atoms with Crippen molar-refractivity contribution in [3.8, 4) is 11.6 Å². The van der Waals surface area contributed by atoms with Gasteiger partial charge in [0.25, 0.3) is 5.88 Å². The number of hydrogen-bond acceptors (Lipinski definition) is 6. The van der Waals surface area contributed by atoms with Crippen LogP contribution in [0, 0.1) is 26.0 Å². The highest BCUT2D eigenvalue weighted by Gasteiger charge is 2.25. The van der Waals surface area contributed by atoms with Crippen molar-refractivity contribution in [2.24, 2.45) is 0 Å². The lowest BCUT2D eigenvalue weighted by molar-refractivity contribution is -0.387. The average Bonchev–Trinajstić information content (AvgIpc) is 2.42. The molecule has 2 rings (SSSR count). The molecular formula is C11H5BrFN3O5. The van der Waals surface area contributed by atoms with E-state index in [1.807, 2.05) is 0 Å². The second kappa shape index (κ2) is 5.79. The van der Waals surface area contributed by atoms with E-state index in [1.54, 1.807) is 0 Å². The number of halogens is 2. The van der Waals surface area contributed by atoms with Gasteiger partial charge in [0.1, 0.15) is 0 Å². The fourth-order valence-electron chi connectivity index (χ4n) is 1.46. The van der Waals surface area contributed by atoms with E-state index in [0.29, 0.717) is 4.47 Å².